The van der Waals surface area contributed by atoms with E-state index in [0.29, 0.717) is 37.3 Å². The van der Waals surface area contributed by atoms with Gasteiger partial charge in [-0.25, -0.2) is 8.42 Å². The van der Waals surface area contributed by atoms with E-state index in [0.717, 1.165) is 29.4 Å². The number of hydrogen-bond donors (Lipinski definition) is 0. The molecule has 0 N–H and O–H groups in total. The fourth-order valence-electron chi connectivity index (χ4n) is 3.89. The topological polar surface area (TPSA) is 60.9 Å². The second-order valence-corrected chi connectivity index (χ2v) is 9.47. The number of hydrogen-bond acceptors (Lipinski definition) is 4. The monoisotopic (exact) mass is 419 g/mol. The lowest BCUT2D eigenvalue weighted by molar-refractivity contribution is 0.0746. The first-order valence-corrected chi connectivity index (χ1v) is 11.5. The van der Waals surface area contributed by atoms with Crippen LogP contribution in [0.25, 0.3) is 0 Å². The maximum absolute atomic E-state index is 12.9. The van der Waals surface area contributed by atoms with Gasteiger partial charge in [0, 0.05) is 38.3 Å². The standard InChI is InChI=1S/C20H22ClN3O3S/c1-28(26,27)24-9-8-15-14-16(6-7-18(15)24)20(25)23-12-10-22(11-13-23)19-5-3-2-4-17(19)21/h2-7,14H,8-13H2,1H3. The predicted octanol–water partition coefficient (Wildman–Crippen LogP) is 2.62. The zero-order valence-electron chi connectivity index (χ0n) is 15.6. The van der Waals surface area contributed by atoms with Gasteiger partial charge in [0.1, 0.15) is 0 Å². The number of amides is 1. The van der Waals surface area contributed by atoms with Crippen molar-refractivity contribution in [3.8, 4) is 0 Å². The average Bonchev–Trinajstić information content (AvgIpc) is 3.12. The van der Waals surface area contributed by atoms with Gasteiger partial charge in [0.05, 0.1) is 22.7 Å². The molecule has 2 aliphatic heterocycles. The third-order valence-electron chi connectivity index (χ3n) is 5.34. The molecule has 0 spiro atoms. The zero-order chi connectivity index (χ0) is 19.9. The molecule has 2 aromatic rings. The van der Waals surface area contributed by atoms with Crippen LogP contribution < -0.4 is 9.21 Å². The Kier molecular flexibility index (Phi) is 4.97. The SMILES string of the molecule is CS(=O)(=O)N1CCc2cc(C(=O)N3CCN(c4ccccc4Cl)CC3)ccc21. The number of nitrogens with zero attached hydrogens (tertiary/aromatic N) is 3. The molecule has 1 saturated heterocycles. The third kappa shape index (κ3) is 3.56. The van der Waals surface area contributed by atoms with Crippen LogP contribution in [0.1, 0.15) is 15.9 Å². The van der Waals surface area contributed by atoms with E-state index in [1.165, 1.54) is 10.6 Å². The van der Waals surface area contributed by atoms with Gasteiger partial charge in [-0.05, 0) is 42.3 Å². The molecule has 4 rings (SSSR count). The molecular weight excluding hydrogens is 398 g/mol. The predicted molar refractivity (Wildman–Crippen MR) is 112 cm³/mol. The number of fused-ring (bicyclic) bond motifs is 1. The van der Waals surface area contributed by atoms with Gasteiger partial charge in [-0.2, -0.15) is 0 Å². The number of piperazine rings is 1. The summed E-state index contributed by atoms with van der Waals surface area (Å²) in [5.41, 5.74) is 3.20. The molecule has 0 saturated carbocycles. The Bertz CT molecular complexity index is 1020. The number of rotatable bonds is 3. The Morgan fingerprint density at radius 2 is 1.68 bits per heavy atom. The van der Waals surface area contributed by atoms with Crippen molar-refractivity contribution in [2.24, 2.45) is 0 Å². The maximum Gasteiger partial charge on any atom is 0.253 e. The van der Waals surface area contributed by atoms with Gasteiger partial charge in [-0.1, -0.05) is 23.7 Å². The summed E-state index contributed by atoms with van der Waals surface area (Å²) in [5, 5.41) is 0.719. The van der Waals surface area contributed by atoms with Gasteiger partial charge in [-0.3, -0.25) is 9.10 Å². The van der Waals surface area contributed by atoms with Crippen LogP contribution in [-0.4, -0.2) is 58.2 Å². The quantitative estimate of drug-likeness (QED) is 0.767. The molecule has 0 radical (unpaired) electrons. The van der Waals surface area contributed by atoms with Crippen LogP contribution in [0.4, 0.5) is 11.4 Å². The minimum Gasteiger partial charge on any atom is -0.367 e. The van der Waals surface area contributed by atoms with Crippen LogP contribution >= 0.6 is 11.6 Å². The maximum atomic E-state index is 12.9. The lowest BCUT2D eigenvalue weighted by Crippen LogP contribution is -2.48. The third-order valence-corrected chi connectivity index (χ3v) is 6.84. The summed E-state index contributed by atoms with van der Waals surface area (Å²) in [4.78, 5) is 17.0. The van der Waals surface area contributed by atoms with Gasteiger partial charge < -0.3 is 9.80 Å². The van der Waals surface area contributed by atoms with E-state index >= 15 is 0 Å². The van der Waals surface area contributed by atoms with E-state index in [1.54, 1.807) is 12.1 Å². The zero-order valence-corrected chi connectivity index (χ0v) is 17.2. The fraction of sp³-hybridized carbons (Fsp3) is 0.350. The Balaban J connectivity index is 1.46. The molecule has 0 atom stereocenters. The molecule has 6 nitrogen and oxygen atoms in total. The molecule has 2 heterocycles. The summed E-state index contributed by atoms with van der Waals surface area (Å²) in [6, 6.07) is 13.0. The Morgan fingerprint density at radius 3 is 2.36 bits per heavy atom. The number of para-hydroxylation sites is 1. The van der Waals surface area contributed by atoms with Gasteiger partial charge in [0.25, 0.3) is 5.91 Å². The molecule has 28 heavy (non-hydrogen) atoms. The number of carbonyl (C=O) groups is 1. The minimum atomic E-state index is -3.28. The number of halogens is 1. The highest BCUT2D eigenvalue weighted by molar-refractivity contribution is 7.92. The van der Waals surface area contributed by atoms with Gasteiger partial charge in [-0.15, -0.1) is 0 Å². The highest BCUT2D eigenvalue weighted by Gasteiger charge is 2.28. The largest absolute Gasteiger partial charge is 0.367 e. The molecule has 0 bridgehead atoms. The molecule has 2 aromatic carbocycles. The molecule has 2 aliphatic rings. The highest BCUT2D eigenvalue weighted by Crippen LogP contribution is 2.31. The number of anilines is 2. The van der Waals surface area contributed by atoms with Crippen LogP contribution in [0.5, 0.6) is 0 Å². The van der Waals surface area contributed by atoms with Gasteiger partial charge in [0.2, 0.25) is 10.0 Å². The Hall–Kier alpha value is -2.25. The fourth-order valence-corrected chi connectivity index (χ4v) is 5.10. The first-order valence-electron chi connectivity index (χ1n) is 9.24. The van der Waals surface area contributed by atoms with E-state index in [9.17, 15) is 13.2 Å². The number of benzene rings is 2. The molecule has 1 fully saturated rings. The normalized spacial score (nSPS) is 17.0. The number of sulfonamides is 1. The van der Waals surface area contributed by atoms with Gasteiger partial charge in [0.15, 0.2) is 0 Å². The molecule has 1 amide bonds. The number of carbonyl (C=O) groups excluding carboxylic acids is 1. The van der Waals surface area contributed by atoms with Crippen molar-refractivity contribution in [2.45, 2.75) is 6.42 Å². The van der Waals surface area contributed by atoms with E-state index in [2.05, 4.69) is 4.90 Å². The van der Waals surface area contributed by atoms with Crippen LogP contribution in [0, 0.1) is 0 Å². The van der Waals surface area contributed by atoms with E-state index in [4.69, 9.17) is 11.6 Å². The van der Waals surface area contributed by atoms with Crippen molar-refractivity contribution in [3.63, 3.8) is 0 Å². The summed E-state index contributed by atoms with van der Waals surface area (Å²) in [6.45, 7) is 3.13. The van der Waals surface area contributed by atoms with Crippen molar-refractivity contribution < 1.29 is 13.2 Å². The van der Waals surface area contributed by atoms with E-state index in [1.807, 2.05) is 35.2 Å². The average molecular weight is 420 g/mol. The molecule has 0 aliphatic carbocycles. The molecule has 8 heteroatoms. The first-order chi connectivity index (χ1) is 13.3. The van der Waals surface area contributed by atoms with E-state index in [-0.39, 0.29) is 5.91 Å². The van der Waals surface area contributed by atoms with Gasteiger partial charge >= 0.3 is 0 Å². The lowest BCUT2D eigenvalue weighted by Gasteiger charge is -2.36. The van der Waals surface area contributed by atoms with Crippen LogP contribution in [-0.2, 0) is 16.4 Å². The summed E-state index contributed by atoms with van der Waals surface area (Å²) < 4.78 is 25.1. The minimum absolute atomic E-state index is 0.0144. The van der Waals surface area contributed by atoms with Crippen molar-refractivity contribution >= 4 is 38.9 Å². The van der Waals surface area contributed by atoms with E-state index < -0.39 is 10.0 Å². The lowest BCUT2D eigenvalue weighted by atomic mass is 10.1. The van der Waals surface area contributed by atoms with Crippen molar-refractivity contribution in [1.82, 2.24) is 4.90 Å². The van der Waals surface area contributed by atoms with Crippen LogP contribution in [0.15, 0.2) is 42.5 Å². The second-order valence-electron chi connectivity index (χ2n) is 7.16. The molecule has 148 valence electrons. The van der Waals surface area contributed by atoms with Crippen LogP contribution in [0.3, 0.4) is 0 Å². The smallest absolute Gasteiger partial charge is 0.253 e. The summed E-state index contributed by atoms with van der Waals surface area (Å²) in [7, 11) is -3.28. The molecular formula is C20H22ClN3O3S. The first kappa shape index (κ1) is 19.1. The summed E-state index contributed by atoms with van der Waals surface area (Å²) >= 11 is 6.28. The van der Waals surface area contributed by atoms with Crippen molar-refractivity contribution in [2.75, 3.05) is 48.2 Å². The second kappa shape index (κ2) is 7.29. The van der Waals surface area contributed by atoms with Crippen molar-refractivity contribution in [3.05, 3.63) is 58.6 Å². The van der Waals surface area contributed by atoms with Crippen LogP contribution in [0.2, 0.25) is 5.02 Å². The highest BCUT2D eigenvalue weighted by atomic mass is 35.5. The summed E-state index contributed by atoms with van der Waals surface area (Å²) in [5.74, 6) is -0.0144. The Morgan fingerprint density at radius 1 is 0.964 bits per heavy atom. The molecule has 0 unspecified atom stereocenters. The Labute approximate surface area is 170 Å². The molecule has 0 aromatic heterocycles. The van der Waals surface area contributed by atoms with Crippen molar-refractivity contribution in [1.29, 1.82) is 0 Å². The summed E-state index contributed by atoms with van der Waals surface area (Å²) in [6.07, 6.45) is 1.84.